The third-order valence-electron chi connectivity index (χ3n) is 0.470. The summed E-state index contributed by atoms with van der Waals surface area (Å²) in [5.74, 6) is 0. The molecule has 1 unspecified atom stereocenters. The molecule has 3 heteroatoms. The maximum atomic E-state index is 8.59. The fourth-order valence-corrected chi connectivity index (χ4v) is 0.758. The van der Waals surface area contributed by atoms with Gasteiger partial charge in [0.25, 0.3) is 0 Å². The van der Waals surface area contributed by atoms with E-state index < -0.39 is 0 Å². The van der Waals surface area contributed by atoms with Gasteiger partial charge in [0.1, 0.15) is 0 Å². The summed E-state index contributed by atoms with van der Waals surface area (Å²) in [6, 6.07) is 0. The zero-order valence-corrected chi connectivity index (χ0v) is 5.80. The molecule has 0 saturated heterocycles. The predicted molar refractivity (Wildman–Crippen MR) is 37.9 cm³/mol. The van der Waals surface area contributed by atoms with E-state index in [2.05, 4.69) is 24.8 Å². The van der Waals surface area contributed by atoms with E-state index in [0.717, 1.165) is 0 Å². The Morgan fingerprint density at radius 3 is 2.43 bits per heavy atom. The van der Waals surface area contributed by atoms with Crippen LogP contribution in [-0.4, -0.2) is 15.4 Å². The third-order valence-corrected chi connectivity index (χ3v) is 0.819. The number of hydrogen-bond donors (Lipinski definition) is 2. The Labute approximate surface area is 54.1 Å². The molecule has 0 fully saturated rings. The van der Waals surface area contributed by atoms with Gasteiger partial charge in [-0.1, -0.05) is 12.2 Å². The van der Waals surface area contributed by atoms with E-state index in [1.807, 2.05) is 0 Å². The van der Waals surface area contributed by atoms with Crippen molar-refractivity contribution in [3.05, 3.63) is 0 Å². The molecular formula is C4H8OS2. The summed E-state index contributed by atoms with van der Waals surface area (Å²) < 4.78 is 0.565. The van der Waals surface area contributed by atoms with Gasteiger partial charge < -0.3 is 5.11 Å². The normalized spacial score (nSPS) is 13.6. The first-order chi connectivity index (χ1) is 3.13. The lowest BCUT2D eigenvalue weighted by Crippen LogP contribution is -2.01. The van der Waals surface area contributed by atoms with Crippen LogP contribution < -0.4 is 0 Å². The van der Waals surface area contributed by atoms with Crippen molar-refractivity contribution in [3.8, 4) is 0 Å². The minimum Gasteiger partial charge on any atom is -0.393 e. The lowest BCUT2D eigenvalue weighted by molar-refractivity contribution is 0.204. The van der Waals surface area contributed by atoms with Crippen LogP contribution in [0.25, 0.3) is 0 Å². The van der Waals surface area contributed by atoms with Gasteiger partial charge >= 0.3 is 0 Å². The van der Waals surface area contributed by atoms with Crippen LogP contribution in [-0.2, 0) is 0 Å². The van der Waals surface area contributed by atoms with Crippen LogP contribution >= 0.6 is 24.8 Å². The fraction of sp³-hybridized carbons (Fsp3) is 0.750. The number of hydrogen-bond acceptors (Lipinski definition) is 2. The second kappa shape index (κ2) is 3.41. The molecule has 0 amide bonds. The van der Waals surface area contributed by atoms with Gasteiger partial charge in [0.2, 0.25) is 0 Å². The molecule has 0 aromatic heterocycles. The Balaban J connectivity index is 3.13. The van der Waals surface area contributed by atoms with Gasteiger partial charge in [-0.05, 0) is 6.92 Å². The number of aliphatic hydroxyl groups excluding tert-OH is 1. The molecule has 0 radical (unpaired) electrons. The summed E-state index contributed by atoms with van der Waals surface area (Å²) in [4.78, 5) is 0. The van der Waals surface area contributed by atoms with Crippen molar-refractivity contribution in [2.24, 2.45) is 0 Å². The zero-order chi connectivity index (χ0) is 5.86. The molecule has 0 saturated carbocycles. The van der Waals surface area contributed by atoms with Gasteiger partial charge in [0.05, 0.1) is 6.10 Å². The number of aliphatic hydroxyl groups is 1. The van der Waals surface area contributed by atoms with Crippen molar-refractivity contribution in [2.45, 2.75) is 19.4 Å². The van der Waals surface area contributed by atoms with Crippen molar-refractivity contribution in [3.63, 3.8) is 0 Å². The Morgan fingerprint density at radius 2 is 2.43 bits per heavy atom. The molecule has 0 rings (SSSR count). The summed E-state index contributed by atoms with van der Waals surface area (Å²) >= 11 is 8.38. The van der Waals surface area contributed by atoms with Crippen LogP contribution in [0.3, 0.4) is 0 Å². The molecule has 0 spiro atoms. The van der Waals surface area contributed by atoms with Crippen LogP contribution in [0, 0.1) is 0 Å². The molecule has 7 heavy (non-hydrogen) atoms. The summed E-state index contributed by atoms with van der Waals surface area (Å²) in [5.41, 5.74) is 0. The first-order valence-corrected chi connectivity index (χ1v) is 2.88. The Bertz CT molecular complexity index is 70.1. The molecule has 0 bridgehead atoms. The highest BCUT2D eigenvalue weighted by Gasteiger charge is 1.94. The van der Waals surface area contributed by atoms with E-state index in [9.17, 15) is 0 Å². The van der Waals surface area contributed by atoms with Gasteiger partial charge in [-0.15, -0.1) is 12.6 Å². The van der Waals surface area contributed by atoms with Gasteiger partial charge in [-0.2, -0.15) is 0 Å². The molecule has 0 aliphatic heterocycles. The lowest BCUT2D eigenvalue weighted by atomic mass is 10.3. The second-order valence-electron chi connectivity index (χ2n) is 1.45. The maximum absolute atomic E-state index is 8.59. The standard InChI is InChI=1S/C4H8OS2/c1-3(5)2-4(6)7/h3,5H,2H2,1H3,(H,6,7). The molecule has 1 nitrogen and oxygen atoms in total. The molecule has 0 aliphatic carbocycles. The first-order valence-electron chi connectivity index (χ1n) is 2.03. The highest BCUT2D eigenvalue weighted by molar-refractivity contribution is 8.11. The quantitative estimate of drug-likeness (QED) is 0.436. The van der Waals surface area contributed by atoms with E-state index in [4.69, 9.17) is 5.11 Å². The fourth-order valence-electron chi connectivity index (χ4n) is 0.253. The Hall–Kier alpha value is 0.400. The number of thiocarbonyl (C=S) groups is 1. The monoisotopic (exact) mass is 136 g/mol. The zero-order valence-electron chi connectivity index (χ0n) is 4.09. The average molecular weight is 136 g/mol. The van der Waals surface area contributed by atoms with Crippen molar-refractivity contribution >= 4 is 29.0 Å². The molecule has 42 valence electrons. The first kappa shape index (κ1) is 7.40. The maximum Gasteiger partial charge on any atom is 0.0565 e. The number of thiol groups is 1. The van der Waals surface area contributed by atoms with Crippen LogP contribution in [0.15, 0.2) is 0 Å². The molecule has 0 aromatic carbocycles. The second-order valence-corrected chi connectivity index (χ2v) is 2.78. The highest BCUT2D eigenvalue weighted by atomic mass is 32.1. The van der Waals surface area contributed by atoms with E-state index in [0.29, 0.717) is 10.6 Å². The van der Waals surface area contributed by atoms with Crippen molar-refractivity contribution in [1.82, 2.24) is 0 Å². The van der Waals surface area contributed by atoms with E-state index in [-0.39, 0.29) is 6.10 Å². The summed E-state index contributed by atoms with van der Waals surface area (Å²) in [6.45, 7) is 1.68. The smallest absolute Gasteiger partial charge is 0.0565 e. The van der Waals surface area contributed by atoms with Crippen molar-refractivity contribution < 1.29 is 5.11 Å². The van der Waals surface area contributed by atoms with Gasteiger partial charge in [0, 0.05) is 10.6 Å². The van der Waals surface area contributed by atoms with Crippen LogP contribution in [0.1, 0.15) is 13.3 Å². The lowest BCUT2D eigenvalue weighted by Gasteiger charge is -1.97. The average Bonchev–Trinajstić information content (AvgIpc) is 1.27. The van der Waals surface area contributed by atoms with Crippen molar-refractivity contribution in [1.29, 1.82) is 0 Å². The van der Waals surface area contributed by atoms with Gasteiger partial charge in [0.15, 0.2) is 0 Å². The van der Waals surface area contributed by atoms with E-state index in [1.165, 1.54) is 0 Å². The van der Waals surface area contributed by atoms with Crippen LogP contribution in [0.5, 0.6) is 0 Å². The summed E-state index contributed by atoms with van der Waals surface area (Å²) in [6.07, 6.45) is 0.170. The van der Waals surface area contributed by atoms with E-state index in [1.54, 1.807) is 6.92 Å². The molecular weight excluding hydrogens is 128 g/mol. The summed E-state index contributed by atoms with van der Waals surface area (Å²) in [7, 11) is 0. The van der Waals surface area contributed by atoms with Crippen LogP contribution in [0.2, 0.25) is 0 Å². The summed E-state index contributed by atoms with van der Waals surface area (Å²) in [5, 5.41) is 8.59. The SMILES string of the molecule is CC(O)CC(=S)S. The number of rotatable bonds is 2. The minimum atomic E-state index is -0.343. The Morgan fingerprint density at radius 1 is 2.00 bits per heavy atom. The topological polar surface area (TPSA) is 20.2 Å². The molecule has 1 atom stereocenters. The largest absolute Gasteiger partial charge is 0.393 e. The molecule has 0 heterocycles. The van der Waals surface area contributed by atoms with Crippen molar-refractivity contribution in [2.75, 3.05) is 0 Å². The van der Waals surface area contributed by atoms with Gasteiger partial charge in [-0.3, -0.25) is 0 Å². The molecule has 1 N–H and O–H groups in total. The highest BCUT2D eigenvalue weighted by Crippen LogP contribution is 1.95. The van der Waals surface area contributed by atoms with Crippen LogP contribution in [0.4, 0.5) is 0 Å². The Kier molecular flexibility index (Phi) is 3.60. The van der Waals surface area contributed by atoms with Gasteiger partial charge in [-0.25, -0.2) is 0 Å². The van der Waals surface area contributed by atoms with E-state index >= 15 is 0 Å². The molecule has 0 aromatic rings. The molecule has 0 aliphatic rings. The predicted octanol–water partition coefficient (Wildman–Crippen LogP) is 1.01. The third kappa shape index (κ3) is 6.40. The minimum absolute atomic E-state index is 0.343.